The highest BCUT2D eigenvalue weighted by atomic mass is 15.1. The van der Waals surface area contributed by atoms with Gasteiger partial charge in [-0.1, -0.05) is 152 Å². The van der Waals surface area contributed by atoms with Crippen molar-refractivity contribution < 1.29 is 0 Å². The molecule has 0 unspecified atom stereocenters. The maximum absolute atomic E-state index is 2.39. The molecular formula is C54H36N2. The quantitative estimate of drug-likeness (QED) is 0.156. The van der Waals surface area contributed by atoms with Gasteiger partial charge >= 0.3 is 0 Å². The maximum Gasteiger partial charge on any atom is 0.0542 e. The largest absolute Gasteiger partial charge is 0.310 e. The molecule has 11 aromatic rings. The van der Waals surface area contributed by atoms with Gasteiger partial charge < -0.3 is 9.47 Å². The number of benzene rings is 10. The van der Waals surface area contributed by atoms with Crippen LogP contribution >= 0.6 is 0 Å². The van der Waals surface area contributed by atoms with Crippen molar-refractivity contribution in [2.24, 2.45) is 0 Å². The lowest BCUT2D eigenvalue weighted by Gasteiger charge is -2.26. The van der Waals surface area contributed by atoms with E-state index < -0.39 is 0 Å². The second-order valence-electron chi connectivity index (χ2n) is 14.5. The van der Waals surface area contributed by atoms with E-state index in [9.17, 15) is 0 Å². The Morgan fingerprint density at radius 2 is 0.839 bits per heavy atom. The number of nitrogens with zero attached hydrogens (tertiary/aromatic N) is 2. The molecule has 0 aliphatic rings. The van der Waals surface area contributed by atoms with Gasteiger partial charge in [-0.2, -0.15) is 0 Å². The second kappa shape index (κ2) is 13.2. The topological polar surface area (TPSA) is 8.17 Å². The van der Waals surface area contributed by atoms with Gasteiger partial charge in [-0.25, -0.2) is 0 Å². The highest BCUT2D eigenvalue weighted by Crippen LogP contribution is 2.42. The number of fused-ring (bicyclic) bond motifs is 8. The summed E-state index contributed by atoms with van der Waals surface area (Å²) < 4.78 is 2.37. The fourth-order valence-corrected chi connectivity index (χ4v) is 8.74. The molecule has 262 valence electrons. The minimum atomic E-state index is 1.10. The molecule has 10 aromatic carbocycles. The summed E-state index contributed by atoms with van der Waals surface area (Å²) in [6.45, 7) is 0. The molecule has 0 aliphatic heterocycles. The lowest BCUT2D eigenvalue weighted by Crippen LogP contribution is -2.10. The molecule has 11 rings (SSSR count). The first-order chi connectivity index (χ1) is 27.8. The van der Waals surface area contributed by atoms with Gasteiger partial charge in [0.1, 0.15) is 0 Å². The van der Waals surface area contributed by atoms with Crippen LogP contribution in [0.3, 0.4) is 0 Å². The molecule has 0 spiro atoms. The van der Waals surface area contributed by atoms with Crippen LogP contribution in [0.15, 0.2) is 218 Å². The number of para-hydroxylation sites is 2. The standard InChI is InChI=1S/C54H36N2/c1-3-13-37(14-4-1)38-25-29-43(30-26-38)55(45-33-34-53-51(36-45)48-20-11-12-22-52(48)56(53)42-16-5-2-6-17-42)44-31-27-40(28-32-44)50-35-41-24-23-39-15-7-8-18-46(39)54(41)49-21-10-9-19-47(49)50/h1-36H. The van der Waals surface area contributed by atoms with E-state index in [0.29, 0.717) is 0 Å². The van der Waals surface area contributed by atoms with Crippen LogP contribution in [0, 0.1) is 0 Å². The van der Waals surface area contributed by atoms with Crippen molar-refractivity contribution in [1.82, 2.24) is 4.57 Å². The Labute approximate surface area is 325 Å². The van der Waals surface area contributed by atoms with Gasteiger partial charge in [0.05, 0.1) is 11.0 Å². The summed E-state index contributed by atoms with van der Waals surface area (Å²) in [6.07, 6.45) is 0. The van der Waals surface area contributed by atoms with Crippen molar-refractivity contribution >= 4 is 71.2 Å². The van der Waals surface area contributed by atoms with E-state index >= 15 is 0 Å². The predicted molar refractivity (Wildman–Crippen MR) is 239 cm³/mol. The fourth-order valence-electron chi connectivity index (χ4n) is 8.74. The molecule has 0 saturated carbocycles. The van der Waals surface area contributed by atoms with Crippen molar-refractivity contribution in [1.29, 1.82) is 0 Å². The van der Waals surface area contributed by atoms with Crippen LogP contribution in [0.4, 0.5) is 17.1 Å². The van der Waals surface area contributed by atoms with Crippen LogP contribution in [0.2, 0.25) is 0 Å². The molecule has 0 atom stereocenters. The molecule has 0 bridgehead atoms. The zero-order chi connectivity index (χ0) is 37.0. The Kier molecular flexibility index (Phi) is 7.53. The van der Waals surface area contributed by atoms with E-state index in [-0.39, 0.29) is 0 Å². The number of hydrogen-bond donors (Lipinski definition) is 0. The number of hydrogen-bond acceptors (Lipinski definition) is 1. The van der Waals surface area contributed by atoms with Gasteiger partial charge in [0.2, 0.25) is 0 Å². The number of rotatable bonds is 6. The summed E-state index contributed by atoms with van der Waals surface area (Å²) in [5.74, 6) is 0. The highest BCUT2D eigenvalue weighted by molar-refractivity contribution is 6.23. The molecule has 0 N–H and O–H groups in total. The van der Waals surface area contributed by atoms with Gasteiger partial charge in [-0.3, -0.25) is 0 Å². The van der Waals surface area contributed by atoms with Crippen molar-refractivity contribution in [2.75, 3.05) is 4.90 Å². The van der Waals surface area contributed by atoms with Gasteiger partial charge in [0.25, 0.3) is 0 Å². The average molecular weight is 713 g/mol. The van der Waals surface area contributed by atoms with Crippen molar-refractivity contribution in [3.05, 3.63) is 218 Å². The predicted octanol–water partition coefficient (Wildman–Crippen LogP) is 15.0. The zero-order valence-corrected chi connectivity index (χ0v) is 30.7. The zero-order valence-electron chi connectivity index (χ0n) is 30.7. The van der Waals surface area contributed by atoms with Gasteiger partial charge in [0.15, 0.2) is 0 Å². The first kappa shape index (κ1) is 32.0. The molecular weight excluding hydrogens is 677 g/mol. The first-order valence-corrected chi connectivity index (χ1v) is 19.3. The van der Waals surface area contributed by atoms with Crippen molar-refractivity contribution in [2.45, 2.75) is 0 Å². The Bertz CT molecular complexity index is 3210. The van der Waals surface area contributed by atoms with Gasteiger partial charge in [0, 0.05) is 33.5 Å². The summed E-state index contributed by atoms with van der Waals surface area (Å²) in [4.78, 5) is 2.39. The Hall–Kier alpha value is -7.42. The lowest BCUT2D eigenvalue weighted by molar-refractivity contribution is 1.18. The van der Waals surface area contributed by atoms with E-state index in [1.807, 2.05) is 0 Å². The molecule has 0 fully saturated rings. The SMILES string of the molecule is c1ccc(-c2ccc(N(c3ccc(-c4cc5ccc6ccccc6c5c5ccccc45)cc3)c3ccc4c(c3)c3ccccc3n4-c3ccccc3)cc2)cc1. The third-order valence-corrected chi connectivity index (χ3v) is 11.3. The molecule has 1 heterocycles. The lowest BCUT2D eigenvalue weighted by atomic mass is 9.90. The number of aromatic nitrogens is 1. The third-order valence-electron chi connectivity index (χ3n) is 11.3. The molecule has 0 saturated heterocycles. The summed E-state index contributed by atoms with van der Waals surface area (Å²) in [6, 6.07) is 79.4. The Morgan fingerprint density at radius 1 is 0.304 bits per heavy atom. The van der Waals surface area contributed by atoms with Crippen molar-refractivity contribution in [3.63, 3.8) is 0 Å². The molecule has 0 amide bonds. The molecule has 1 aromatic heterocycles. The molecule has 0 aliphatic carbocycles. The van der Waals surface area contributed by atoms with E-state index in [2.05, 4.69) is 228 Å². The third kappa shape index (κ3) is 5.26. The minimum absolute atomic E-state index is 1.10. The average Bonchev–Trinajstić information content (AvgIpc) is 3.61. The second-order valence-corrected chi connectivity index (χ2v) is 14.5. The van der Waals surface area contributed by atoms with Crippen LogP contribution in [0.25, 0.3) is 82.1 Å². The normalized spacial score (nSPS) is 11.6. The first-order valence-electron chi connectivity index (χ1n) is 19.3. The van der Waals surface area contributed by atoms with E-state index in [1.54, 1.807) is 0 Å². The van der Waals surface area contributed by atoms with Crippen LogP contribution < -0.4 is 4.90 Å². The molecule has 0 radical (unpaired) electrons. The summed E-state index contributed by atoms with van der Waals surface area (Å²) in [7, 11) is 0. The number of anilines is 3. The summed E-state index contributed by atoms with van der Waals surface area (Å²) in [5.41, 5.74) is 11.7. The fraction of sp³-hybridized carbons (Fsp3) is 0. The Balaban J connectivity index is 1.07. The van der Waals surface area contributed by atoms with Crippen LogP contribution in [0.5, 0.6) is 0 Å². The molecule has 2 nitrogen and oxygen atoms in total. The van der Waals surface area contributed by atoms with Crippen LogP contribution in [-0.2, 0) is 0 Å². The van der Waals surface area contributed by atoms with Crippen molar-refractivity contribution in [3.8, 4) is 27.9 Å². The van der Waals surface area contributed by atoms with Crippen LogP contribution in [-0.4, -0.2) is 4.57 Å². The van der Waals surface area contributed by atoms with E-state index in [4.69, 9.17) is 0 Å². The summed E-state index contributed by atoms with van der Waals surface area (Å²) in [5, 5.41) is 10.1. The molecule has 56 heavy (non-hydrogen) atoms. The summed E-state index contributed by atoms with van der Waals surface area (Å²) >= 11 is 0. The van der Waals surface area contributed by atoms with E-state index in [1.165, 1.54) is 76.4 Å². The van der Waals surface area contributed by atoms with Gasteiger partial charge in [-0.15, -0.1) is 0 Å². The Morgan fingerprint density at radius 3 is 1.59 bits per heavy atom. The van der Waals surface area contributed by atoms with Crippen LogP contribution in [0.1, 0.15) is 0 Å². The smallest absolute Gasteiger partial charge is 0.0542 e. The maximum atomic E-state index is 2.39. The van der Waals surface area contributed by atoms with Gasteiger partial charge in [-0.05, 0) is 121 Å². The molecule has 2 heteroatoms. The van der Waals surface area contributed by atoms with E-state index in [0.717, 1.165) is 22.7 Å². The monoisotopic (exact) mass is 712 g/mol. The highest BCUT2D eigenvalue weighted by Gasteiger charge is 2.18. The minimum Gasteiger partial charge on any atom is -0.310 e.